The van der Waals surface area contributed by atoms with E-state index in [1.54, 1.807) is 0 Å². The lowest BCUT2D eigenvalue weighted by atomic mass is 9.76. The number of hydrogen-bond donors (Lipinski definition) is 0. The first-order valence-electron chi connectivity index (χ1n) is 6.42. The van der Waals surface area contributed by atoms with Crippen LogP contribution in [0.5, 0.6) is 0 Å². The minimum atomic E-state index is -0.309. The molecule has 1 atom stereocenters. The Kier molecular flexibility index (Phi) is 3.81. The second-order valence-corrected chi connectivity index (χ2v) is 5.11. The van der Waals surface area contributed by atoms with E-state index in [2.05, 4.69) is 30.1 Å². The summed E-state index contributed by atoms with van der Waals surface area (Å²) in [6, 6.07) is 12.9. The fraction of sp³-hybridized carbons (Fsp3) is 0.533. The van der Waals surface area contributed by atoms with Crippen molar-refractivity contribution in [2.75, 3.05) is 20.1 Å². The lowest BCUT2D eigenvalue weighted by Crippen LogP contribution is -2.40. The fourth-order valence-electron chi connectivity index (χ4n) is 2.75. The predicted octanol–water partition coefficient (Wildman–Crippen LogP) is 2.95. The molecule has 0 spiro atoms. The van der Waals surface area contributed by atoms with Gasteiger partial charge in [-0.15, -0.1) is 0 Å². The van der Waals surface area contributed by atoms with Crippen molar-refractivity contribution in [3.05, 3.63) is 35.9 Å². The molecule has 2 heteroatoms. The number of rotatable bonds is 1. The molecule has 1 heterocycles. The van der Waals surface area contributed by atoms with Gasteiger partial charge in [0.2, 0.25) is 0 Å². The van der Waals surface area contributed by atoms with Gasteiger partial charge in [-0.1, -0.05) is 43.2 Å². The average Bonchev–Trinajstić information content (AvgIpc) is 2.35. The number of nitriles is 1. The van der Waals surface area contributed by atoms with Gasteiger partial charge in [0, 0.05) is 6.54 Å². The third-order valence-corrected chi connectivity index (χ3v) is 3.72. The molecule has 0 aromatic heterocycles. The third kappa shape index (κ3) is 2.68. The first-order chi connectivity index (χ1) is 8.27. The summed E-state index contributed by atoms with van der Waals surface area (Å²) in [5.74, 6) is 0. The highest BCUT2D eigenvalue weighted by molar-refractivity contribution is 5.33. The summed E-state index contributed by atoms with van der Waals surface area (Å²) in [5, 5.41) is 9.65. The number of likely N-dealkylation sites (N-methyl/N-ethyl adjacent to an activating group) is 1. The molecule has 17 heavy (non-hydrogen) atoms. The Morgan fingerprint density at radius 1 is 1.18 bits per heavy atom. The van der Waals surface area contributed by atoms with Crippen LogP contribution in [0.1, 0.15) is 31.2 Å². The van der Waals surface area contributed by atoms with E-state index in [0.717, 1.165) is 25.9 Å². The van der Waals surface area contributed by atoms with Gasteiger partial charge >= 0.3 is 0 Å². The van der Waals surface area contributed by atoms with Gasteiger partial charge in [-0.25, -0.2) is 0 Å². The topological polar surface area (TPSA) is 27.0 Å². The molecule has 1 aromatic rings. The zero-order chi connectivity index (χ0) is 12.1. The molecule has 0 aliphatic carbocycles. The zero-order valence-electron chi connectivity index (χ0n) is 10.5. The molecule has 1 aliphatic rings. The third-order valence-electron chi connectivity index (χ3n) is 3.72. The van der Waals surface area contributed by atoms with Crippen molar-refractivity contribution in [1.82, 2.24) is 4.90 Å². The van der Waals surface area contributed by atoms with Gasteiger partial charge < -0.3 is 4.90 Å². The SMILES string of the molecule is CN1CCCCCC(C#N)(c2ccccc2)C1. The van der Waals surface area contributed by atoms with Crippen LogP contribution >= 0.6 is 0 Å². The van der Waals surface area contributed by atoms with Crippen LogP contribution in [-0.2, 0) is 5.41 Å². The molecule has 0 amide bonds. The Hall–Kier alpha value is -1.33. The van der Waals surface area contributed by atoms with Crippen LogP contribution in [0.3, 0.4) is 0 Å². The molecule has 90 valence electrons. The van der Waals surface area contributed by atoms with Gasteiger partial charge in [0.25, 0.3) is 0 Å². The maximum absolute atomic E-state index is 9.65. The highest BCUT2D eigenvalue weighted by Crippen LogP contribution is 2.32. The largest absolute Gasteiger partial charge is 0.304 e. The standard InChI is InChI=1S/C15H20N2/c1-17-11-7-3-6-10-15(12-16,13-17)14-8-4-2-5-9-14/h2,4-5,8-9H,3,6-7,10-11,13H2,1H3. The highest BCUT2D eigenvalue weighted by Gasteiger charge is 2.33. The Labute approximate surface area is 104 Å². The molecule has 0 bridgehead atoms. The lowest BCUT2D eigenvalue weighted by molar-refractivity contribution is 0.241. The molecule has 1 unspecified atom stereocenters. The summed E-state index contributed by atoms with van der Waals surface area (Å²) >= 11 is 0. The molecule has 2 nitrogen and oxygen atoms in total. The van der Waals surface area contributed by atoms with Gasteiger partial charge in [0.1, 0.15) is 0 Å². The summed E-state index contributed by atoms with van der Waals surface area (Å²) in [4.78, 5) is 2.30. The normalized spacial score (nSPS) is 26.8. The van der Waals surface area contributed by atoms with E-state index < -0.39 is 0 Å². The van der Waals surface area contributed by atoms with Crippen LogP contribution < -0.4 is 0 Å². The molecule has 1 aromatic carbocycles. The summed E-state index contributed by atoms with van der Waals surface area (Å²) in [5.41, 5.74) is 0.868. The van der Waals surface area contributed by atoms with E-state index in [0.29, 0.717) is 0 Å². The van der Waals surface area contributed by atoms with Crippen molar-refractivity contribution in [3.63, 3.8) is 0 Å². The van der Waals surface area contributed by atoms with Crippen LogP contribution in [0, 0.1) is 11.3 Å². The first kappa shape index (κ1) is 12.1. The van der Waals surface area contributed by atoms with Crippen molar-refractivity contribution in [1.29, 1.82) is 5.26 Å². The van der Waals surface area contributed by atoms with Crippen molar-refractivity contribution in [3.8, 4) is 6.07 Å². The van der Waals surface area contributed by atoms with Crippen LogP contribution in [0.25, 0.3) is 0 Å². The Bertz CT molecular complexity index is 393. The van der Waals surface area contributed by atoms with E-state index >= 15 is 0 Å². The first-order valence-corrected chi connectivity index (χ1v) is 6.42. The Morgan fingerprint density at radius 3 is 2.65 bits per heavy atom. The van der Waals surface area contributed by atoms with Crippen molar-refractivity contribution >= 4 is 0 Å². The van der Waals surface area contributed by atoms with Crippen molar-refractivity contribution in [2.45, 2.75) is 31.1 Å². The van der Waals surface area contributed by atoms with Crippen molar-refractivity contribution in [2.24, 2.45) is 0 Å². The smallest absolute Gasteiger partial charge is 0.0948 e. The molecule has 1 aliphatic heterocycles. The molecule has 0 radical (unpaired) electrons. The van der Waals surface area contributed by atoms with Gasteiger partial charge in [-0.05, 0) is 32.0 Å². The zero-order valence-corrected chi connectivity index (χ0v) is 10.5. The minimum absolute atomic E-state index is 0.309. The maximum atomic E-state index is 9.65. The second-order valence-electron chi connectivity index (χ2n) is 5.11. The summed E-state index contributed by atoms with van der Waals surface area (Å²) in [7, 11) is 2.13. The fourth-order valence-corrected chi connectivity index (χ4v) is 2.75. The minimum Gasteiger partial charge on any atom is -0.304 e. The van der Waals surface area contributed by atoms with Crippen molar-refractivity contribution < 1.29 is 0 Å². The van der Waals surface area contributed by atoms with E-state index in [9.17, 15) is 5.26 Å². The van der Waals surface area contributed by atoms with Crippen LogP contribution in [-0.4, -0.2) is 25.0 Å². The van der Waals surface area contributed by atoms with E-state index in [4.69, 9.17) is 0 Å². The average molecular weight is 228 g/mol. The van der Waals surface area contributed by atoms with Gasteiger partial charge in [-0.3, -0.25) is 0 Å². The molecule has 0 N–H and O–H groups in total. The lowest BCUT2D eigenvalue weighted by Gasteiger charge is -2.34. The molecular weight excluding hydrogens is 208 g/mol. The number of likely N-dealkylation sites (tertiary alicyclic amines) is 1. The van der Waals surface area contributed by atoms with Crippen LogP contribution in [0.2, 0.25) is 0 Å². The van der Waals surface area contributed by atoms with Crippen LogP contribution in [0.15, 0.2) is 30.3 Å². The summed E-state index contributed by atoms with van der Waals surface area (Å²) < 4.78 is 0. The van der Waals surface area contributed by atoms with Gasteiger partial charge in [-0.2, -0.15) is 5.26 Å². The predicted molar refractivity (Wildman–Crippen MR) is 69.7 cm³/mol. The van der Waals surface area contributed by atoms with E-state index in [-0.39, 0.29) is 5.41 Å². The quantitative estimate of drug-likeness (QED) is 0.739. The summed E-state index contributed by atoms with van der Waals surface area (Å²) in [6.45, 7) is 1.96. The Balaban J connectivity index is 2.31. The second kappa shape index (κ2) is 5.33. The number of benzene rings is 1. The van der Waals surface area contributed by atoms with Crippen LogP contribution in [0.4, 0.5) is 0 Å². The maximum Gasteiger partial charge on any atom is 0.0948 e. The van der Waals surface area contributed by atoms with E-state index in [1.165, 1.54) is 18.4 Å². The molecule has 1 fully saturated rings. The molecule has 1 saturated heterocycles. The number of hydrogen-bond acceptors (Lipinski definition) is 2. The van der Waals surface area contributed by atoms with E-state index in [1.807, 2.05) is 18.2 Å². The Morgan fingerprint density at radius 2 is 1.94 bits per heavy atom. The molecular formula is C15H20N2. The summed E-state index contributed by atoms with van der Waals surface area (Å²) in [6.07, 6.45) is 4.64. The van der Waals surface area contributed by atoms with Gasteiger partial charge in [0.05, 0.1) is 11.5 Å². The highest BCUT2D eigenvalue weighted by atomic mass is 15.1. The molecule has 2 rings (SSSR count). The van der Waals surface area contributed by atoms with Gasteiger partial charge in [0.15, 0.2) is 0 Å². The number of nitrogens with zero attached hydrogens (tertiary/aromatic N) is 2. The molecule has 0 saturated carbocycles. The monoisotopic (exact) mass is 228 g/mol.